The van der Waals surface area contributed by atoms with Crippen LogP contribution in [-0.2, 0) is 27.4 Å². The summed E-state index contributed by atoms with van der Waals surface area (Å²) in [5.74, 6) is -1.44. The molecule has 16 heteroatoms. The van der Waals surface area contributed by atoms with Crippen molar-refractivity contribution >= 4 is 28.9 Å². The maximum Gasteiger partial charge on any atom is 0.425 e. The van der Waals surface area contributed by atoms with Gasteiger partial charge in [-0.3, -0.25) is 14.6 Å². The number of halogens is 6. The Labute approximate surface area is 319 Å². The van der Waals surface area contributed by atoms with Gasteiger partial charge in [0.15, 0.2) is 0 Å². The van der Waals surface area contributed by atoms with Gasteiger partial charge in [-0.2, -0.15) is 31.6 Å². The van der Waals surface area contributed by atoms with E-state index < -0.39 is 57.2 Å². The molecule has 0 aliphatic carbocycles. The first-order valence-corrected chi connectivity index (χ1v) is 19.0. The minimum absolute atomic E-state index is 0.0190. The molecule has 2 aliphatic heterocycles. The maximum atomic E-state index is 15.0. The number of hydrogen-bond acceptors (Lipinski definition) is 8. The lowest BCUT2D eigenvalue weighted by Crippen LogP contribution is -2.68. The second-order valence-corrected chi connectivity index (χ2v) is 15.0. The second kappa shape index (κ2) is 16.6. The van der Waals surface area contributed by atoms with Gasteiger partial charge in [0.25, 0.3) is 11.8 Å². The summed E-state index contributed by atoms with van der Waals surface area (Å²) in [7, 11) is 0. The molecule has 1 unspecified atom stereocenters. The van der Waals surface area contributed by atoms with Gasteiger partial charge < -0.3 is 24.1 Å². The maximum absolute atomic E-state index is 15.0. The molecule has 3 atom stereocenters. The number of ether oxygens (including phenoxy) is 2. The van der Waals surface area contributed by atoms with Gasteiger partial charge in [-0.25, -0.2) is 0 Å². The van der Waals surface area contributed by atoms with Gasteiger partial charge in [0.1, 0.15) is 22.2 Å². The molecule has 2 fully saturated rings. The number of nitriles is 1. The summed E-state index contributed by atoms with van der Waals surface area (Å²) in [6, 6.07) is 9.78. The van der Waals surface area contributed by atoms with Crippen LogP contribution < -0.4 is 9.47 Å². The first kappa shape index (κ1) is 41.5. The summed E-state index contributed by atoms with van der Waals surface area (Å²) >= 11 is 0.371. The topological polar surface area (TPSA) is 113 Å². The number of nitrogens with zero attached hydrogens (tertiary/aromatic N) is 4. The Hall–Kier alpha value is -4.65. The van der Waals surface area contributed by atoms with E-state index >= 15 is 0 Å². The molecule has 2 aliphatic rings. The van der Waals surface area contributed by atoms with Gasteiger partial charge >= 0.3 is 12.4 Å². The van der Waals surface area contributed by atoms with Crippen LogP contribution in [0, 0.1) is 11.3 Å². The predicted molar refractivity (Wildman–Crippen MR) is 190 cm³/mol. The fraction of sp³-hybridized carbons (Fsp3) is 0.513. The minimum Gasteiger partial charge on any atom is -0.490 e. The first-order valence-electron chi connectivity index (χ1n) is 18.1. The minimum atomic E-state index is -4.89. The molecule has 0 N–H and O–H groups in total. The van der Waals surface area contributed by atoms with Crippen molar-refractivity contribution in [3.05, 3.63) is 75.7 Å². The third kappa shape index (κ3) is 8.92. The first-order chi connectivity index (χ1) is 26.0. The molecule has 3 aromatic rings. The number of carbonyl (C=O) groups excluding carboxylic acids is 3. The number of para-hydroxylation sites is 1. The third-order valence-corrected chi connectivity index (χ3v) is 11.3. The number of aromatic nitrogens is 1. The van der Waals surface area contributed by atoms with E-state index in [9.17, 15) is 46.0 Å². The zero-order valence-corrected chi connectivity index (χ0v) is 31.5. The Bertz CT molecular complexity index is 1900. The van der Waals surface area contributed by atoms with E-state index in [-0.39, 0.29) is 69.4 Å². The van der Waals surface area contributed by atoms with Gasteiger partial charge in [-0.15, -0.1) is 11.3 Å². The number of amides is 2. The molecule has 0 bridgehead atoms. The predicted octanol–water partition coefficient (Wildman–Crippen LogP) is 8.62. The van der Waals surface area contributed by atoms with Gasteiger partial charge in [0.2, 0.25) is 5.60 Å². The van der Waals surface area contributed by atoms with Crippen molar-refractivity contribution in [3.8, 4) is 17.6 Å². The molecular weight excluding hydrogens is 751 g/mol. The Balaban J connectivity index is 1.50. The van der Waals surface area contributed by atoms with E-state index in [0.717, 1.165) is 23.8 Å². The normalized spacial score (nSPS) is 20.7. The summed E-state index contributed by atoms with van der Waals surface area (Å²) in [6.07, 6.45) is -6.61. The van der Waals surface area contributed by atoms with Crippen LogP contribution >= 0.6 is 11.3 Å². The second-order valence-electron chi connectivity index (χ2n) is 14.1. The van der Waals surface area contributed by atoms with Crippen LogP contribution in [0.5, 0.6) is 11.5 Å². The van der Waals surface area contributed by atoms with Crippen molar-refractivity contribution in [2.24, 2.45) is 0 Å². The highest BCUT2D eigenvalue weighted by Crippen LogP contribution is 2.45. The number of thiophene rings is 1. The molecule has 9 nitrogen and oxygen atoms in total. The van der Waals surface area contributed by atoms with Crippen molar-refractivity contribution in [2.75, 3.05) is 19.6 Å². The Morgan fingerprint density at radius 1 is 1.05 bits per heavy atom. The summed E-state index contributed by atoms with van der Waals surface area (Å²) < 4.78 is 95.9. The summed E-state index contributed by atoms with van der Waals surface area (Å²) in [4.78, 5) is 46.0. The number of benzene rings is 1. The van der Waals surface area contributed by atoms with E-state index in [2.05, 4.69) is 11.1 Å². The lowest BCUT2D eigenvalue weighted by molar-refractivity contribution is -0.160. The highest BCUT2D eigenvalue weighted by Gasteiger charge is 2.57. The van der Waals surface area contributed by atoms with Gasteiger partial charge in [-0.05, 0) is 58.1 Å². The van der Waals surface area contributed by atoms with E-state index in [0.29, 0.717) is 48.0 Å². The summed E-state index contributed by atoms with van der Waals surface area (Å²) in [5.41, 5.74) is -4.39. The largest absolute Gasteiger partial charge is 0.490 e. The number of hydrogen-bond donors (Lipinski definition) is 0. The highest BCUT2D eigenvalue weighted by molar-refractivity contribution is 7.10. The van der Waals surface area contributed by atoms with Crippen molar-refractivity contribution in [1.29, 1.82) is 5.26 Å². The quantitative estimate of drug-likeness (QED) is 0.169. The molecule has 0 radical (unpaired) electrons. The third-order valence-electron chi connectivity index (χ3n) is 10.3. The van der Waals surface area contributed by atoms with Gasteiger partial charge in [-0.1, -0.05) is 31.5 Å². The standard InChI is InChI=1S/C39H42F6N4O5S/c1-4-8-32-37(54-27-21-33(55-23-27)39(43,44)45,14-7-18-49(32)34(51)28-22-47-17-13-29(28)38(40,41)42)35(52)48-19-15-36(24-46,16-20-48)30-9-5-6-10-31(30)53-26(3)12-11-25(2)50/h5-6,9-10,13,17,21-23,26,32H,4,7-8,11-12,14-16,18-20H2,1-3H3/t26?,32-,37+/m1/s1. The van der Waals surface area contributed by atoms with E-state index in [1.165, 1.54) is 16.7 Å². The van der Waals surface area contributed by atoms with Crippen LogP contribution in [0.3, 0.4) is 0 Å². The highest BCUT2D eigenvalue weighted by atomic mass is 32.1. The number of carbonyl (C=O) groups is 3. The monoisotopic (exact) mass is 792 g/mol. The molecule has 55 heavy (non-hydrogen) atoms. The molecule has 5 rings (SSSR count). The fourth-order valence-corrected chi connectivity index (χ4v) is 8.23. The Kier molecular flexibility index (Phi) is 12.5. The average Bonchev–Trinajstić information content (AvgIpc) is 3.63. The Morgan fingerprint density at radius 3 is 2.38 bits per heavy atom. The molecular formula is C39H42F6N4O5S. The molecule has 2 aromatic heterocycles. The Morgan fingerprint density at radius 2 is 1.76 bits per heavy atom. The summed E-state index contributed by atoms with van der Waals surface area (Å²) in [6.45, 7) is 5.09. The van der Waals surface area contributed by atoms with Crippen LogP contribution in [0.2, 0.25) is 0 Å². The van der Waals surface area contributed by atoms with Crippen molar-refractivity contribution in [3.63, 3.8) is 0 Å². The number of likely N-dealkylation sites (tertiary alicyclic amines) is 2. The lowest BCUT2D eigenvalue weighted by Gasteiger charge is -2.51. The van der Waals surface area contributed by atoms with Crippen molar-refractivity contribution < 1.29 is 50.2 Å². The van der Waals surface area contributed by atoms with Crippen LogP contribution in [0.25, 0.3) is 0 Å². The number of rotatable bonds is 12. The molecule has 4 heterocycles. The zero-order chi connectivity index (χ0) is 40.2. The molecule has 0 saturated carbocycles. The lowest BCUT2D eigenvalue weighted by atomic mass is 9.72. The SMILES string of the molecule is CCC[C@H]1N(C(=O)c2cnccc2C(F)(F)F)CCC[C@@]1(Oc1csc(C(F)(F)F)c1)C(=O)N1CCC(C#N)(c2ccccc2OC(C)CCC(C)=O)CC1. The van der Waals surface area contributed by atoms with Crippen LogP contribution in [0.4, 0.5) is 26.3 Å². The van der Waals surface area contributed by atoms with E-state index in [4.69, 9.17) is 9.47 Å². The fourth-order valence-electron chi connectivity index (χ4n) is 7.55. The number of Topliss-reactive ketones (excluding diaryl/α,β-unsaturated/α-hetero) is 1. The number of piperidine rings is 2. The van der Waals surface area contributed by atoms with Crippen LogP contribution in [-0.4, -0.2) is 69.8 Å². The van der Waals surface area contributed by atoms with Gasteiger partial charge in [0.05, 0.1) is 34.8 Å². The average molecular weight is 793 g/mol. The molecule has 0 spiro atoms. The van der Waals surface area contributed by atoms with Crippen LogP contribution in [0.1, 0.15) is 98.5 Å². The number of ketones is 1. The number of alkyl halides is 6. The molecule has 1 aromatic carbocycles. The van der Waals surface area contributed by atoms with Gasteiger partial charge in [0, 0.05) is 61.9 Å². The van der Waals surface area contributed by atoms with Crippen molar-refractivity contribution in [2.45, 2.75) is 108 Å². The van der Waals surface area contributed by atoms with E-state index in [1.807, 2.05) is 6.92 Å². The molecule has 2 amide bonds. The zero-order valence-electron chi connectivity index (χ0n) is 30.6. The number of pyridine rings is 1. The van der Waals surface area contributed by atoms with E-state index in [1.54, 1.807) is 31.2 Å². The van der Waals surface area contributed by atoms with Crippen LogP contribution in [0.15, 0.2) is 54.2 Å². The summed E-state index contributed by atoms with van der Waals surface area (Å²) in [5, 5.41) is 11.7. The smallest absolute Gasteiger partial charge is 0.425 e. The molecule has 296 valence electrons. The van der Waals surface area contributed by atoms with Crippen molar-refractivity contribution in [1.82, 2.24) is 14.8 Å². The molecule has 2 saturated heterocycles.